The van der Waals surface area contributed by atoms with Gasteiger partial charge in [0.05, 0.1) is 16.0 Å². The van der Waals surface area contributed by atoms with Gasteiger partial charge in [-0.15, -0.1) is 11.3 Å². The summed E-state index contributed by atoms with van der Waals surface area (Å²) in [7, 11) is 0. The Bertz CT molecular complexity index is 1780. The average Bonchev–Trinajstić information content (AvgIpc) is 3.53. The minimum atomic E-state index is -4.85. The van der Waals surface area contributed by atoms with Crippen molar-refractivity contribution in [2.75, 3.05) is 11.9 Å². The summed E-state index contributed by atoms with van der Waals surface area (Å²) in [5, 5.41) is 16.2. The van der Waals surface area contributed by atoms with Crippen molar-refractivity contribution in [1.29, 1.82) is 0 Å². The number of carbonyl (C=O) groups is 4. The van der Waals surface area contributed by atoms with Gasteiger partial charge in [-0.1, -0.05) is 30.0 Å². The molecule has 1 aliphatic heterocycles. The van der Waals surface area contributed by atoms with Gasteiger partial charge in [0.25, 0.3) is 5.91 Å². The number of hydrogen-bond acceptors (Lipinski definition) is 8. The van der Waals surface area contributed by atoms with Crippen LogP contribution in [0.3, 0.4) is 0 Å². The number of halogens is 4. The number of carboxylic acid groups (broad SMARTS) is 1. The Morgan fingerprint density at radius 2 is 1.79 bits per heavy atom. The number of benzene rings is 2. The third-order valence-electron chi connectivity index (χ3n) is 6.38. The van der Waals surface area contributed by atoms with E-state index in [9.17, 15) is 41.8 Å². The number of rotatable bonds is 9. The molecule has 1 aliphatic rings. The maximum Gasteiger partial charge on any atom is 0.419 e. The smallest absolute Gasteiger partial charge is 0.419 e. The van der Waals surface area contributed by atoms with E-state index in [1.165, 1.54) is 46.6 Å². The number of nitrogens with one attached hydrogen (secondary N) is 2. The molecule has 1 aromatic heterocycles. The summed E-state index contributed by atoms with van der Waals surface area (Å²) in [6.07, 6.45) is -4.22. The first-order valence-electron chi connectivity index (χ1n) is 13.8. The highest BCUT2D eigenvalue weighted by atomic mass is 32.2. The largest absolute Gasteiger partial charge is 0.478 e. The Labute approximate surface area is 280 Å². The molecule has 0 radical (unpaired) electrons. The number of thiocarbonyl (C=S) groups is 1. The molecule has 3 N–H and O–H groups in total. The first-order chi connectivity index (χ1) is 21.9. The SMILES string of the molecule is CC(C)(C)OC(=O)NCc1cc(C(=O)O)ccc1NC(=O)CCN1C(=O)/C(=C/c2cc(-c3ccc(F)c(C(F)(F)F)c3)cs2)SC1=S. The summed E-state index contributed by atoms with van der Waals surface area (Å²) < 4.78 is 58.6. The van der Waals surface area contributed by atoms with E-state index in [1.54, 1.807) is 32.2 Å². The van der Waals surface area contributed by atoms with Gasteiger partial charge in [-0.2, -0.15) is 13.2 Å². The lowest BCUT2D eigenvalue weighted by atomic mass is 10.0. The van der Waals surface area contributed by atoms with Crippen LogP contribution in [0.15, 0.2) is 52.7 Å². The van der Waals surface area contributed by atoms with Crippen LogP contribution in [0.25, 0.3) is 17.2 Å². The second kappa shape index (κ2) is 14.2. The second-order valence-corrected chi connectivity index (χ2v) is 13.7. The first-order valence-corrected chi connectivity index (χ1v) is 15.9. The predicted molar refractivity (Wildman–Crippen MR) is 174 cm³/mol. The van der Waals surface area contributed by atoms with E-state index < -0.39 is 47.0 Å². The van der Waals surface area contributed by atoms with Gasteiger partial charge in [0.2, 0.25) is 5.91 Å². The summed E-state index contributed by atoms with van der Waals surface area (Å²) in [6, 6.07) is 8.29. The fourth-order valence-corrected chi connectivity index (χ4v) is 6.45. The van der Waals surface area contributed by atoms with E-state index in [4.69, 9.17) is 17.0 Å². The highest BCUT2D eigenvalue weighted by Crippen LogP contribution is 2.37. The van der Waals surface area contributed by atoms with Crippen molar-refractivity contribution >= 4 is 75.3 Å². The maximum atomic E-state index is 13.7. The van der Waals surface area contributed by atoms with Gasteiger partial charge in [-0.25, -0.2) is 14.0 Å². The highest BCUT2D eigenvalue weighted by Gasteiger charge is 2.35. The number of anilines is 1. The molecule has 0 aliphatic carbocycles. The number of thioether (sulfide) groups is 1. The van der Waals surface area contributed by atoms with Crippen LogP contribution in [-0.2, 0) is 27.0 Å². The molecule has 47 heavy (non-hydrogen) atoms. The van der Waals surface area contributed by atoms with Gasteiger partial charge >= 0.3 is 18.2 Å². The van der Waals surface area contributed by atoms with Crippen LogP contribution in [0.1, 0.15) is 53.6 Å². The average molecular weight is 710 g/mol. The highest BCUT2D eigenvalue weighted by molar-refractivity contribution is 8.26. The maximum absolute atomic E-state index is 13.7. The van der Waals surface area contributed by atoms with Gasteiger partial charge in [0.1, 0.15) is 15.7 Å². The summed E-state index contributed by atoms with van der Waals surface area (Å²) in [5.41, 5.74) is -1.06. The Kier molecular flexibility index (Phi) is 10.8. The van der Waals surface area contributed by atoms with E-state index in [0.717, 1.165) is 23.9 Å². The summed E-state index contributed by atoms with van der Waals surface area (Å²) >= 11 is 7.51. The number of thiophene rings is 1. The van der Waals surface area contributed by atoms with Gasteiger partial charge in [-0.05, 0) is 85.3 Å². The van der Waals surface area contributed by atoms with Gasteiger partial charge < -0.3 is 20.5 Å². The zero-order chi connectivity index (χ0) is 34.7. The van der Waals surface area contributed by atoms with Crippen LogP contribution in [-0.4, -0.2) is 50.3 Å². The molecule has 1 saturated heterocycles. The van der Waals surface area contributed by atoms with E-state index in [1.807, 2.05) is 0 Å². The Balaban J connectivity index is 1.40. The van der Waals surface area contributed by atoms with E-state index >= 15 is 0 Å². The number of carbonyl (C=O) groups excluding carboxylic acids is 3. The molecule has 0 bridgehead atoms. The lowest BCUT2D eigenvalue weighted by molar-refractivity contribution is -0.140. The Morgan fingerprint density at radius 1 is 1.06 bits per heavy atom. The zero-order valence-electron chi connectivity index (χ0n) is 25.0. The van der Waals surface area contributed by atoms with E-state index in [-0.39, 0.29) is 45.6 Å². The topological polar surface area (TPSA) is 125 Å². The molecule has 4 rings (SSSR count). The molecule has 9 nitrogen and oxygen atoms in total. The van der Waals surface area contributed by atoms with Crippen LogP contribution >= 0.6 is 35.3 Å². The normalized spacial score (nSPS) is 14.4. The molecule has 0 atom stereocenters. The van der Waals surface area contributed by atoms with Gasteiger partial charge in [-0.3, -0.25) is 14.5 Å². The van der Waals surface area contributed by atoms with Crippen LogP contribution in [0.2, 0.25) is 0 Å². The molecule has 0 saturated carbocycles. The van der Waals surface area contributed by atoms with Gasteiger partial charge in [0.15, 0.2) is 0 Å². The fraction of sp³-hybridized carbons (Fsp3) is 0.258. The van der Waals surface area contributed by atoms with Crippen molar-refractivity contribution in [2.24, 2.45) is 0 Å². The van der Waals surface area contributed by atoms with Crippen LogP contribution in [0, 0.1) is 5.82 Å². The number of alkyl halides is 3. The Morgan fingerprint density at radius 3 is 2.45 bits per heavy atom. The molecule has 3 amide bonds. The Hall–Kier alpha value is -4.28. The van der Waals surface area contributed by atoms with Crippen LogP contribution in [0.5, 0.6) is 0 Å². The third kappa shape index (κ3) is 9.39. The molecule has 0 spiro atoms. The predicted octanol–water partition coefficient (Wildman–Crippen LogP) is 7.53. The lowest BCUT2D eigenvalue weighted by Crippen LogP contribution is -2.33. The van der Waals surface area contributed by atoms with E-state index in [0.29, 0.717) is 16.0 Å². The summed E-state index contributed by atoms with van der Waals surface area (Å²) in [5.74, 6) is -3.54. The molecule has 16 heteroatoms. The van der Waals surface area contributed by atoms with E-state index in [2.05, 4.69) is 10.6 Å². The van der Waals surface area contributed by atoms with Crippen molar-refractivity contribution in [1.82, 2.24) is 10.2 Å². The number of ether oxygens (including phenoxy) is 1. The lowest BCUT2D eigenvalue weighted by Gasteiger charge is -2.20. The third-order valence-corrected chi connectivity index (χ3v) is 8.64. The minimum Gasteiger partial charge on any atom is -0.478 e. The molecular formula is C31H27F4N3O6S3. The quantitative estimate of drug-likeness (QED) is 0.118. The molecule has 2 heterocycles. The molecule has 0 unspecified atom stereocenters. The molecular weight excluding hydrogens is 683 g/mol. The summed E-state index contributed by atoms with van der Waals surface area (Å²) in [4.78, 5) is 51.6. The number of nitrogens with zero attached hydrogens (tertiary/aromatic N) is 1. The molecule has 1 fully saturated rings. The van der Waals surface area contributed by atoms with Crippen molar-refractivity contribution < 1.29 is 46.6 Å². The monoisotopic (exact) mass is 709 g/mol. The number of carboxylic acids is 1. The minimum absolute atomic E-state index is 0.0603. The second-order valence-electron chi connectivity index (χ2n) is 11.1. The summed E-state index contributed by atoms with van der Waals surface area (Å²) in [6.45, 7) is 4.84. The van der Waals surface area contributed by atoms with Crippen molar-refractivity contribution in [3.8, 4) is 11.1 Å². The molecule has 2 aromatic carbocycles. The number of hydrogen-bond donors (Lipinski definition) is 3. The number of alkyl carbamates (subject to hydrolysis) is 1. The van der Waals surface area contributed by atoms with Crippen LogP contribution < -0.4 is 10.6 Å². The number of amides is 3. The zero-order valence-corrected chi connectivity index (χ0v) is 27.4. The standard InChI is InChI=1S/C31H27F4N3O6S3/c1-30(2,3)44-28(43)36-14-18-10-17(27(41)42)5-7-23(18)37-25(39)8-9-38-26(40)24(47-29(38)45)13-20-11-19(15-46-20)16-4-6-22(32)21(12-16)31(33,34)35/h4-7,10-13,15H,8-9,14H2,1-3H3,(H,36,43)(H,37,39)(H,41,42)/b24-13-. The molecule has 248 valence electrons. The first kappa shape index (κ1) is 35.6. The van der Waals surface area contributed by atoms with Crippen molar-refractivity contribution in [3.63, 3.8) is 0 Å². The van der Waals surface area contributed by atoms with Gasteiger partial charge in [0, 0.05) is 30.1 Å². The van der Waals surface area contributed by atoms with Crippen LogP contribution in [0.4, 0.5) is 28.0 Å². The van der Waals surface area contributed by atoms with Crippen molar-refractivity contribution in [3.05, 3.63) is 80.1 Å². The fourth-order valence-electron chi connectivity index (χ4n) is 4.23. The molecule has 3 aromatic rings. The van der Waals surface area contributed by atoms with Crippen molar-refractivity contribution in [2.45, 2.75) is 45.5 Å². The number of aromatic carboxylic acids is 1.